The first-order valence-electron chi connectivity index (χ1n) is 5.37. The molecule has 0 aliphatic heterocycles. The lowest BCUT2D eigenvalue weighted by atomic mass is 9.93. The topological polar surface area (TPSA) is 65.0 Å². The van der Waals surface area contributed by atoms with Gasteiger partial charge in [-0.15, -0.1) is 10.2 Å². The number of hydrogen-bond acceptors (Lipinski definition) is 5. The van der Waals surface area contributed by atoms with E-state index in [0.717, 1.165) is 5.76 Å². The summed E-state index contributed by atoms with van der Waals surface area (Å²) >= 11 is 4.48. The van der Waals surface area contributed by atoms with Crippen molar-refractivity contribution in [1.29, 1.82) is 0 Å². The molecule has 0 saturated carbocycles. The highest BCUT2D eigenvalue weighted by atomic mass is 127. The molecule has 0 spiro atoms. The van der Waals surface area contributed by atoms with Gasteiger partial charge in [-0.05, 0) is 6.92 Å². The summed E-state index contributed by atoms with van der Waals surface area (Å²) in [6.45, 7) is 8.17. The molecule has 2 heterocycles. The van der Waals surface area contributed by atoms with Gasteiger partial charge in [0, 0.05) is 11.5 Å². The first-order chi connectivity index (χ1) is 8.18. The Kier molecular flexibility index (Phi) is 3.74. The van der Waals surface area contributed by atoms with E-state index in [4.69, 9.17) is 8.94 Å². The van der Waals surface area contributed by atoms with Gasteiger partial charge in [-0.25, -0.2) is 0 Å². The second kappa shape index (κ2) is 4.73. The van der Waals surface area contributed by atoms with Gasteiger partial charge in [0.15, 0.2) is 5.69 Å². The Bertz CT molecular complexity index is 499. The van der Waals surface area contributed by atoms with Gasteiger partial charge in [-0.1, -0.05) is 71.1 Å². The van der Waals surface area contributed by atoms with Crippen LogP contribution in [0.4, 0.5) is 0 Å². The Labute approximate surface area is 132 Å². The van der Waals surface area contributed by atoms with Crippen LogP contribution in [0.25, 0.3) is 11.6 Å². The molecule has 0 aliphatic rings. The van der Waals surface area contributed by atoms with Crippen LogP contribution in [0.5, 0.6) is 0 Å². The molecular weight excluding hydrogens is 460 g/mol. The van der Waals surface area contributed by atoms with Crippen molar-refractivity contribution < 1.29 is 8.94 Å². The second-order valence-corrected chi connectivity index (χ2v) is 11.5. The number of alkyl halides is 2. The SMILES string of the molecule is CC(C)(C)c1cc(-c2nnc(C(C)(I)I)o2)no1. The Morgan fingerprint density at radius 2 is 1.78 bits per heavy atom. The molecule has 0 saturated heterocycles. The fourth-order valence-corrected chi connectivity index (χ4v) is 1.67. The first kappa shape index (κ1) is 14.2. The molecule has 98 valence electrons. The van der Waals surface area contributed by atoms with Crippen LogP contribution < -0.4 is 0 Å². The molecule has 0 amide bonds. The molecule has 0 fully saturated rings. The standard InChI is InChI=1S/C11H13I2N3O2/c1-10(2,3)7-5-6(16-18-7)8-14-15-9(17-8)11(4,12)13/h5H,1-4H3. The Morgan fingerprint density at radius 3 is 2.22 bits per heavy atom. The highest BCUT2D eigenvalue weighted by Crippen LogP contribution is 2.38. The van der Waals surface area contributed by atoms with Gasteiger partial charge in [0.1, 0.15) is 7.19 Å². The minimum absolute atomic E-state index is 0.0882. The molecule has 7 heteroatoms. The highest BCUT2D eigenvalue weighted by Gasteiger charge is 2.27. The van der Waals surface area contributed by atoms with Crippen molar-refractivity contribution in [2.24, 2.45) is 0 Å². The summed E-state index contributed by atoms with van der Waals surface area (Å²) in [5.41, 5.74) is 0.491. The average Bonchev–Trinajstić information content (AvgIpc) is 2.84. The van der Waals surface area contributed by atoms with E-state index in [1.165, 1.54) is 0 Å². The molecule has 5 nitrogen and oxygen atoms in total. The maximum atomic E-state index is 5.60. The molecule has 0 unspecified atom stereocenters. The maximum absolute atomic E-state index is 5.60. The van der Waals surface area contributed by atoms with Gasteiger partial charge >= 0.3 is 0 Å². The van der Waals surface area contributed by atoms with Gasteiger partial charge in [0.25, 0.3) is 5.89 Å². The first-order valence-corrected chi connectivity index (χ1v) is 7.53. The van der Waals surface area contributed by atoms with E-state index >= 15 is 0 Å². The fraction of sp³-hybridized carbons (Fsp3) is 0.545. The molecular formula is C11H13I2N3O2. The molecule has 2 aromatic heterocycles. The molecule has 2 aromatic rings. The summed E-state index contributed by atoms with van der Waals surface area (Å²) in [6, 6.07) is 1.84. The van der Waals surface area contributed by atoms with Gasteiger partial charge in [-0.3, -0.25) is 0 Å². The third-order valence-corrected chi connectivity index (χ3v) is 3.19. The van der Waals surface area contributed by atoms with Crippen molar-refractivity contribution >= 4 is 45.2 Å². The average molecular weight is 473 g/mol. The van der Waals surface area contributed by atoms with E-state index < -0.39 is 0 Å². The number of hydrogen-bond donors (Lipinski definition) is 0. The molecule has 0 aliphatic carbocycles. The normalized spacial score (nSPS) is 13.0. The zero-order chi connectivity index (χ0) is 13.6. The molecule has 2 rings (SSSR count). The maximum Gasteiger partial charge on any atom is 0.269 e. The van der Waals surface area contributed by atoms with Crippen LogP contribution in [0.2, 0.25) is 0 Å². The van der Waals surface area contributed by atoms with Crippen molar-refractivity contribution in [2.75, 3.05) is 0 Å². The number of nitrogens with zero attached hydrogens (tertiary/aromatic N) is 3. The van der Waals surface area contributed by atoms with Crippen LogP contribution >= 0.6 is 45.2 Å². The van der Waals surface area contributed by atoms with Crippen molar-refractivity contribution in [3.05, 3.63) is 17.7 Å². The predicted molar refractivity (Wildman–Crippen MR) is 83.9 cm³/mol. The van der Waals surface area contributed by atoms with E-state index in [0.29, 0.717) is 17.5 Å². The minimum atomic E-state index is -0.225. The van der Waals surface area contributed by atoms with Gasteiger partial charge < -0.3 is 8.94 Å². The van der Waals surface area contributed by atoms with Crippen LogP contribution in [0.15, 0.2) is 15.0 Å². The second-order valence-electron chi connectivity index (χ2n) is 5.13. The lowest BCUT2D eigenvalue weighted by Gasteiger charge is -2.11. The Hall–Kier alpha value is -0.190. The van der Waals surface area contributed by atoms with Crippen molar-refractivity contribution in [1.82, 2.24) is 15.4 Å². The highest BCUT2D eigenvalue weighted by molar-refractivity contribution is 14.2. The quantitative estimate of drug-likeness (QED) is 0.487. The third-order valence-electron chi connectivity index (χ3n) is 2.27. The van der Waals surface area contributed by atoms with E-state index in [1.54, 1.807) is 0 Å². The molecule has 18 heavy (non-hydrogen) atoms. The summed E-state index contributed by atoms with van der Waals surface area (Å²) in [6.07, 6.45) is 0. The van der Waals surface area contributed by atoms with Crippen LogP contribution in [-0.4, -0.2) is 15.4 Å². The van der Waals surface area contributed by atoms with E-state index in [9.17, 15) is 0 Å². The summed E-state index contributed by atoms with van der Waals surface area (Å²) in [4.78, 5) is 0. The fourth-order valence-electron chi connectivity index (χ4n) is 1.23. The van der Waals surface area contributed by atoms with Gasteiger partial charge in [0.2, 0.25) is 5.89 Å². The van der Waals surface area contributed by atoms with Gasteiger partial charge in [-0.2, -0.15) is 0 Å². The summed E-state index contributed by atoms with van der Waals surface area (Å²) in [7, 11) is 0. The summed E-state index contributed by atoms with van der Waals surface area (Å²) in [5, 5.41) is 12.0. The van der Waals surface area contributed by atoms with Crippen molar-refractivity contribution in [2.45, 2.75) is 34.5 Å². The number of rotatable bonds is 2. The van der Waals surface area contributed by atoms with Crippen LogP contribution in [-0.2, 0) is 6.84 Å². The number of halogens is 2. The van der Waals surface area contributed by atoms with Crippen molar-refractivity contribution in [3.63, 3.8) is 0 Å². The molecule has 0 radical (unpaired) electrons. The Balaban J connectivity index is 2.33. The third kappa shape index (κ3) is 3.03. The van der Waals surface area contributed by atoms with Crippen LogP contribution in [0.3, 0.4) is 0 Å². The van der Waals surface area contributed by atoms with Crippen LogP contribution in [0.1, 0.15) is 39.3 Å². The minimum Gasteiger partial charge on any atom is -0.417 e. The van der Waals surface area contributed by atoms with Crippen LogP contribution in [0, 0.1) is 0 Å². The van der Waals surface area contributed by atoms with Gasteiger partial charge in [0.05, 0.1) is 0 Å². The smallest absolute Gasteiger partial charge is 0.269 e. The lowest BCUT2D eigenvalue weighted by Crippen LogP contribution is -2.09. The van der Waals surface area contributed by atoms with E-state index in [1.807, 2.05) is 13.0 Å². The monoisotopic (exact) mass is 473 g/mol. The lowest BCUT2D eigenvalue weighted by molar-refractivity contribution is 0.329. The van der Waals surface area contributed by atoms with E-state index in [-0.39, 0.29) is 6.84 Å². The largest absolute Gasteiger partial charge is 0.417 e. The predicted octanol–water partition coefficient (Wildman–Crippen LogP) is 4.06. The summed E-state index contributed by atoms with van der Waals surface area (Å²) < 4.78 is 10.7. The van der Waals surface area contributed by atoms with Crippen molar-refractivity contribution in [3.8, 4) is 11.6 Å². The molecule has 0 atom stereocenters. The Morgan fingerprint density at radius 1 is 1.11 bits per heavy atom. The molecule has 0 aromatic carbocycles. The zero-order valence-electron chi connectivity index (χ0n) is 10.5. The number of aromatic nitrogens is 3. The summed E-state index contributed by atoms with van der Waals surface area (Å²) in [5.74, 6) is 1.76. The zero-order valence-corrected chi connectivity index (χ0v) is 14.8. The van der Waals surface area contributed by atoms with E-state index in [2.05, 4.69) is 81.3 Å². The molecule has 0 N–H and O–H groups in total. The molecule has 0 bridgehead atoms.